The van der Waals surface area contributed by atoms with Gasteiger partial charge in [-0.2, -0.15) is 0 Å². The third kappa shape index (κ3) is 4.61. The van der Waals surface area contributed by atoms with Gasteiger partial charge in [-0.05, 0) is 54.2 Å². The first-order valence-corrected chi connectivity index (χ1v) is 9.80. The van der Waals surface area contributed by atoms with Crippen LogP contribution in [0.15, 0.2) is 47.4 Å². The van der Waals surface area contributed by atoms with Gasteiger partial charge in [-0.25, -0.2) is 13.1 Å². The predicted molar refractivity (Wildman–Crippen MR) is 102 cm³/mol. The van der Waals surface area contributed by atoms with Crippen LogP contribution in [0.1, 0.15) is 50.4 Å². The molecule has 0 aliphatic rings. The van der Waals surface area contributed by atoms with E-state index in [1.807, 2.05) is 26.0 Å². The van der Waals surface area contributed by atoms with Crippen LogP contribution < -0.4 is 9.46 Å². The van der Waals surface area contributed by atoms with Crippen molar-refractivity contribution >= 4 is 10.0 Å². The summed E-state index contributed by atoms with van der Waals surface area (Å²) in [4.78, 5) is 0.240. The van der Waals surface area contributed by atoms with Crippen molar-refractivity contribution in [1.82, 2.24) is 4.72 Å². The first-order valence-electron chi connectivity index (χ1n) is 8.32. The van der Waals surface area contributed by atoms with E-state index in [1.165, 1.54) is 5.56 Å². The molecule has 25 heavy (non-hydrogen) atoms. The van der Waals surface area contributed by atoms with Crippen molar-refractivity contribution in [1.29, 1.82) is 0 Å². The van der Waals surface area contributed by atoms with Gasteiger partial charge in [0.15, 0.2) is 0 Å². The third-order valence-corrected chi connectivity index (χ3v) is 5.82. The number of benzene rings is 2. The van der Waals surface area contributed by atoms with Crippen LogP contribution in [0, 0.1) is 6.92 Å². The Morgan fingerprint density at radius 3 is 2.12 bits per heavy atom. The molecule has 5 heteroatoms. The normalized spacial score (nSPS) is 13.5. The number of ether oxygens (including phenoxy) is 1. The lowest BCUT2D eigenvalue weighted by Crippen LogP contribution is -2.27. The minimum atomic E-state index is -3.60. The van der Waals surface area contributed by atoms with Crippen LogP contribution in [0.5, 0.6) is 5.75 Å². The van der Waals surface area contributed by atoms with E-state index >= 15 is 0 Å². The Morgan fingerprint density at radius 2 is 1.64 bits per heavy atom. The zero-order valence-corrected chi connectivity index (χ0v) is 16.6. The van der Waals surface area contributed by atoms with Gasteiger partial charge in [0.25, 0.3) is 0 Å². The second-order valence-corrected chi connectivity index (χ2v) is 9.06. The highest BCUT2D eigenvalue weighted by molar-refractivity contribution is 7.89. The van der Waals surface area contributed by atoms with Gasteiger partial charge in [0, 0.05) is 6.04 Å². The Morgan fingerprint density at radius 1 is 1.04 bits per heavy atom. The average Bonchev–Trinajstić information content (AvgIpc) is 2.53. The molecule has 0 heterocycles. The lowest BCUT2D eigenvalue weighted by atomic mass is 9.86. The lowest BCUT2D eigenvalue weighted by molar-refractivity contribution is 0.411. The Hall–Kier alpha value is -1.85. The number of rotatable bonds is 5. The average molecular weight is 362 g/mol. The minimum Gasteiger partial charge on any atom is -0.496 e. The van der Waals surface area contributed by atoms with Crippen LogP contribution >= 0.6 is 0 Å². The fraction of sp³-hybridized carbons (Fsp3) is 0.400. The van der Waals surface area contributed by atoms with Gasteiger partial charge in [-0.15, -0.1) is 0 Å². The van der Waals surface area contributed by atoms with E-state index < -0.39 is 10.0 Å². The summed E-state index contributed by atoms with van der Waals surface area (Å²) in [5.41, 5.74) is 3.01. The van der Waals surface area contributed by atoms with Gasteiger partial charge in [-0.1, -0.05) is 45.0 Å². The molecule has 0 saturated carbocycles. The molecule has 0 unspecified atom stereocenters. The van der Waals surface area contributed by atoms with Crippen molar-refractivity contribution in [2.75, 3.05) is 7.11 Å². The summed E-state index contributed by atoms with van der Waals surface area (Å²) < 4.78 is 33.2. The maximum absolute atomic E-state index is 12.6. The highest BCUT2D eigenvalue weighted by atomic mass is 32.2. The van der Waals surface area contributed by atoms with Gasteiger partial charge in [0.2, 0.25) is 10.0 Å². The molecule has 2 aromatic rings. The van der Waals surface area contributed by atoms with Crippen LogP contribution in [0.2, 0.25) is 0 Å². The summed E-state index contributed by atoms with van der Waals surface area (Å²) in [5, 5.41) is 0. The van der Waals surface area contributed by atoms with E-state index in [9.17, 15) is 8.42 Å². The van der Waals surface area contributed by atoms with E-state index in [1.54, 1.807) is 25.3 Å². The highest BCUT2D eigenvalue weighted by Gasteiger charge is 2.20. The van der Waals surface area contributed by atoms with Gasteiger partial charge in [0.05, 0.1) is 12.0 Å². The number of sulfonamides is 1. The summed E-state index contributed by atoms with van der Waals surface area (Å²) in [6.07, 6.45) is 0. The molecule has 1 atom stereocenters. The van der Waals surface area contributed by atoms with Crippen molar-refractivity contribution < 1.29 is 13.2 Å². The Kier molecular flexibility index (Phi) is 5.59. The van der Waals surface area contributed by atoms with Gasteiger partial charge < -0.3 is 4.74 Å². The standard InChI is InChI=1S/C20H27NO3S/c1-14-13-18(11-12-19(14)24-6)25(22,23)21-15(2)16-7-9-17(10-8-16)20(3,4)5/h7-13,15,21H,1-6H3/t15-/m1/s1. The molecule has 0 spiro atoms. The molecule has 0 aliphatic heterocycles. The van der Waals surface area contributed by atoms with Gasteiger partial charge in [-0.3, -0.25) is 0 Å². The van der Waals surface area contributed by atoms with E-state index in [-0.39, 0.29) is 16.4 Å². The number of hydrogen-bond acceptors (Lipinski definition) is 3. The smallest absolute Gasteiger partial charge is 0.241 e. The highest BCUT2D eigenvalue weighted by Crippen LogP contribution is 2.25. The molecule has 4 nitrogen and oxygen atoms in total. The summed E-state index contributed by atoms with van der Waals surface area (Å²) in [6.45, 7) is 10.1. The summed E-state index contributed by atoms with van der Waals surface area (Å²) in [5.74, 6) is 0.671. The first kappa shape index (κ1) is 19.5. The second kappa shape index (κ2) is 7.18. The summed E-state index contributed by atoms with van der Waals surface area (Å²) in [6, 6.07) is 12.6. The zero-order valence-electron chi connectivity index (χ0n) is 15.8. The molecule has 0 bridgehead atoms. The van der Waals surface area contributed by atoms with E-state index in [0.717, 1.165) is 11.1 Å². The van der Waals surface area contributed by atoms with Crippen molar-refractivity contribution in [3.8, 4) is 5.75 Å². The maximum Gasteiger partial charge on any atom is 0.241 e. The van der Waals surface area contributed by atoms with E-state index in [4.69, 9.17) is 4.74 Å². The van der Waals surface area contributed by atoms with Crippen molar-refractivity contribution in [2.45, 2.75) is 51.0 Å². The SMILES string of the molecule is COc1ccc(S(=O)(=O)N[C@H](C)c2ccc(C(C)(C)C)cc2)cc1C. The maximum atomic E-state index is 12.6. The van der Waals surface area contributed by atoms with Crippen LogP contribution in [0.3, 0.4) is 0 Å². The van der Waals surface area contributed by atoms with Crippen LogP contribution in [0.4, 0.5) is 0 Å². The fourth-order valence-electron chi connectivity index (χ4n) is 2.66. The lowest BCUT2D eigenvalue weighted by Gasteiger charge is -2.21. The van der Waals surface area contributed by atoms with Crippen molar-refractivity contribution in [3.05, 3.63) is 59.2 Å². The molecule has 0 radical (unpaired) electrons. The van der Waals surface area contributed by atoms with Crippen molar-refractivity contribution in [2.24, 2.45) is 0 Å². The topological polar surface area (TPSA) is 55.4 Å². The number of aryl methyl sites for hydroxylation is 1. The van der Waals surface area contributed by atoms with Crippen LogP contribution in [0.25, 0.3) is 0 Å². The molecular formula is C20H27NO3S. The number of methoxy groups -OCH3 is 1. The van der Waals surface area contributed by atoms with Crippen LogP contribution in [-0.2, 0) is 15.4 Å². The first-order chi connectivity index (χ1) is 11.5. The second-order valence-electron chi connectivity index (χ2n) is 7.35. The molecule has 2 aromatic carbocycles. The van der Waals surface area contributed by atoms with Crippen LogP contribution in [-0.4, -0.2) is 15.5 Å². The Bertz CT molecular complexity index is 834. The number of hydrogen-bond donors (Lipinski definition) is 1. The molecule has 1 N–H and O–H groups in total. The van der Waals surface area contributed by atoms with Crippen molar-refractivity contribution in [3.63, 3.8) is 0 Å². The monoisotopic (exact) mass is 361 g/mol. The minimum absolute atomic E-state index is 0.0713. The van der Waals surface area contributed by atoms with E-state index in [2.05, 4.69) is 37.6 Å². The molecular weight excluding hydrogens is 334 g/mol. The summed E-state index contributed by atoms with van der Waals surface area (Å²) in [7, 11) is -2.03. The number of nitrogens with one attached hydrogen (secondary N) is 1. The summed E-state index contributed by atoms with van der Waals surface area (Å²) >= 11 is 0. The molecule has 2 rings (SSSR count). The third-order valence-electron chi connectivity index (χ3n) is 4.29. The molecule has 0 aliphatic carbocycles. The zero-order chi connectivity index (χ0) is 18.8. The molecule has 0 amide bonds. The molecule has 0 fully saturated rings. The van der Waals surface area contributed by atoms with Gasteiger partial charge >= 0.3 is 0 Å². The fourth-order valence-corrected chi connectivity index (χ4v) is 3.98. The molecule has 0 saturated heterocycles. The molecule has 0 aromatic heterocycles. The predicted octanol–water partition coefficient (Wildman–Crippen LogP) is 4.34. The molecule has 136 valence electrons. The quantitative estimate of drug-likeness (QED) is 0.862. The van der Waals surface area contributed by atoms with E-state index in [0.29, 0.717) is 5.75 Å². The van der Waals surface area contributed by atoms with Gasteiger partial charge in [0.1, 0.15) is 5.75 Å². The Labute approximate surface area is 151 Å². The largest absolute Gasteiger partial charge is 0.496 e. The Balaban J connectivity index is 2.21.